The Kier molecular flexibility index (Phi) is 8.81. The van der Waals surface area contributed by atoms with Crippen LogP contribution in [0.25, 0.3) is 0 Å². The van der Waals surface area contributed by atoms with E-state index in [0.717, 1.165) is 0 Å². The first kappa shape index (κ1) is 26.7. The van der Waals surface area contributed by atoms with Gasteiger partial charge < -0.3 is 30.2 Å². The van der Waals surface area contributed by atoms with Gasteiger partial charge in [-0.25, -0.2) is 15.0 Å². The first-order chi connectivity index (χ1) is 17.7. The molecule has 0 bridgehead atoms. The number of nitrogens with zero attached hydrogens (tertiary/aromatic N) is 1. The van der Waals surface area contributed by atoms with Crippen molar-refractivity contribution in [3.8, 4) is 11.5 Å². The summed E-state index contributed by atoms with van der Waals surface area (Å²) in [6.45, 7) is 2.68. The van der Waals surface area contributed by atoms with Gasteiger partial charge in [0.15, 0.2) is 18.1 Å². The van der Waals surface area contributed by atoms with Crippen molar-refractivity contribution in [2.75, 3.05) is 26.1 Å². The van der Waals surface area contributed by atoms with Crippen LogP contribution in [-0.2, 0) is 19.1 Å². The monoisotopic (exact) mass is 509 g/mol. The second-order valence-corrected chi connectivity index (χ2v) is 7.86. The average Bonchev–Trinajstić information content (AvgIpc) is 2.87. The molecule has 37 heavy (non-hydrogen) atoms. The number of carbonyl (C=O) groups excluding carboxylic acids is 4. The fourth-order valence-corrected chi connectivity index (χ4v) is 3.52. The highest BCUT2D eigenvalue weighted by atomic mass is 16.5. The molecule has 0 spiro atoms. The molecular weight excluding hydrogens is 482 g/mol. The van der Waals surface area contributed by atoms with Crippen LogP contribution in [-0.4, -0.2) is 50.9 Å². The quantitative estimate of drug-likeness (QED) is 0.229. The number of esters is 1. The lowest BCUT2D eigenvalue weighted by atomic mass is 9.95. The highest BCUT2D eigenvalue weighted by Crippen LogP contribution is 2.34. The second-order valence-electron chi connectivity index (χ2n) is 7.86. The van der Waals surface area contributed by atoms with Gasteiger partial charge in [-0.05, 0) is 42.3 Å². The third-order valence-corrected chi connectivity index (χ3v) is 5.19. The van der Waals surface area contributed by atoms with Crippen LogP contribution in [0.3, 0.4) is 0 Å². The van der Waals surface area contributed by atoms with Crippen LogP contribution in [0.2, 0.25) is 0 Å². The fourth-order valence-electron chi connectivity index (χ4n) is 3.52. The predicted molar refractivity (Wildman–Crippen MR) is 134 cm³/mol. The van der Waals surface area contributed by atoms with Crippen molar-refractivity contribution >= 4 is 35.7 Å². The maximum atomic E-state index is 12.3. The van der Waals surface area contributed by atoms with E-state index in [1.807, 2.05) is 0 Å². The zero-order valence-corrected chi connectivity index (χ0v) is 20.7. The van der Waals surface area contributed by atoms with Gasteiger partial charge in [0.2, 0.25) is 5.91 Å². The molecular formula is C25H27N5O7. The van der Waals surface area contributed by atoms with Crippen molar-refractivity contribution in [2.24, 2.45) is 5.10 Å². The van der Waals surface area contributed by atoms with Crippen molar-refractivity contribution in [3.63, 3.8) is 0 Å². The highest BCUT2D eigenvalue weighted by molar-refractivity contribution is 5.95. The number of anilines is 1. The Labute approximate surface area is 213 Å². The molecule has 0 radical (unpaired) electrons. The summed E-state index contributed by atoms with van der Waals surface area (Å²) >= 11 is 0. The lowest BCUT2D eigenvalue weighted by molar-refractivity contribution is -0.136. The average molecular weight is 510 g/mol. The molecule has 12 heteroatoms. The molecule has 1 heterocycles. The summed E-state index contributed by atoms with van der Waals surface area (Å²) in [6, 6.07) is 10.5. The van der Waals surface area contributed by atoms with Crippen LogP contribution in [0, 0.1) is 0 Å². The molecule has 1 aliphatic heterocycles. The molecule has 4 N–H and O–H groups in total. The highest BCUT2D eigenvalue weighted by Gasteiger charge is 2.32. The maximum Gasteiger partial charge on any atom is 0.337 e. The lowest BCUT2D eigenvalue weighted by Crippen LogP contribution is -2.45. The van der Waals surface area contributed by atoms with E-state index in [4.69, 9.17) is 14.2 Å². The van der Waals surface area contributed by atoms with E-state index in [1.165, 1.54) is 27.4 Å². The van der Waals surface area contributed by atoms with Crippen LogP contribution in [0.5, 0.6) is 11.5 Å². The maximum absolute atomic E-state index is 12.3. The number of carbonyl (C=O) groups is 4. The second kappa shape index (κ2) is 12.2. The number of benzene rings is 2. The van der Waals surface area contributed by atoms with E-state index in [9.17, 15) is 19.2 Å². The van der Waals surface area contributed by atoms with Gasteiger partial charge in [-0.15, -0.1) is 0 Å². The van der Waals surface area contributed by atoms with Gasteiger partial charge in [0, 0.05) is 18.3 Å². The SMILES string of the molecule is COC(=O)C1=C(C)NC(=O)N[C@@H]1c1ccc(OCC(=O)N/N=C\c2ccc(NC(C)=O)cc2)c(OC)c1. The van der Waals surface area contributed by atoms with Gasteiger partial charge in [0.25, 0.3) is 5.91 Å². The smallest absolute Gasteiger partial charge is 0.337 e. The molecule has 2 aromatic carbocycles. The Morgan fingerprint density at radius 2 is 1.81 bits per heavy atom. The van der Waals surface area contributed by atoms with Crippen LogP contribution >= 0.6 is 0 Å². The van der Waals surface area contributed by atoms with Crippen molar-refractivity contribution in [1.82, 2.24) is 16.1 Å². The molecule has 0 saturated carbocycles. The summed E-state index contributed by atoms with van der Waals surface area (Å²) < 4.78 is 15.8. The minimum absolute atomic E-state index is 0.170. The summed E-state index contributed by atoms with van der Waals surface area (Å²) in [5, 5.41) is 11.8. The molecule has 0 unspecified atom stereocenters. The Morgan fingerprint density at radius 3 is 2.46 bits per heavy atom. The zero-order valence-electron chi connectivity index (χ0n) is 20.7. The molecule has 194 valence electrons. The molecule has 0 fully saturated rings. The van der Waals surface area contributed by atoms with Gasteiger partial charge in [0.05, 0.1) is 32.0 Å². The summed E-state index contributed by atoms with van der Waals surface area (Å²) in [6.07, 6.45) is 1.45. The van der Waals surface area contributed by atoms with E-state index in [1.54, 1.807) is 49.4 Å². The fraction of sp³-hybridized carbons (Fsp3) is 0.240. The Morgan fingerprint density at radius 1 is 1.08 bits per heavy atom. The Balaban J connectivity index is 1.63. The van der Waals surface area contributed by atoms with E-state index in [2.05, 4.69) is 26.5 Å². The van der Waals surface area contributed by atoms with Gasteiger partial charge in [0.1, 0.15) is 0 Å². The van der Waals surface area contributed by atoms with Crippen molar-refractivity contribution in [1.29, 1.82) is 0 Å². The first-order valence-electron chi connectivity index (χ1n) is 11.1. The lowest BCUT2D eigenvalue weighted by Gasteiger charge is -2.28. The Bertz CT molecular complexity index is 1250. The van der Waals surface area contributed by atoms with Gasteiger partial charge >= 0.3 is 12.0 Å². The minimum Gasteiger partial charge on any atom is -0.493 e. The van der Waals surface area contributed by atoms with Crippen LogP contribution in [0.4, 0.5) is 10.5 Å². The van der Waals surface area contributed by atoms with Crippen LogP contribution in [0.15, 0.2) is 58.8 Å². The molecule has 2 aromatic rings. The van der Waals surface area contributed by atoms with Crippen molar-refractivity contribution < 1.29 is 33.4 Å². The summed E-state index contributed by atoms with van der Waals surface area (Å²) in [4.78, 5) is 47.5. The zero-order chi connectivity index (χ0) is 26.9. The molecule has 0 aromatic heterocycles. The van der Waals surface area contributed by atoms with E-state index in [-0.39, 0.29) is 23.8 Å². The number of rotatable bonds is 9. The number of methoxy groups -OCH3 is 2. The minimum atomic E-state index is -0.769. The molecule has 3 rings (SSSR count). The number of allylic oxidation sites excluding steroid dienone is 1. The molecule has 1 atom stereocenters. The summed E-state index contributed by atoms with van der Waals surface area (Å²) in [7, 11) is 2.68. The van der Waals surface area contributed by atoms with Crippen LogP contribution in [0.1, 0.15) is 31.0 Å². The third-order valence-electron chi connectivity index (χ3n) is 5.19. The molecule has 1 aliphatic rings. The number of nitrogens with one attached hydrogen (secondary N) is 4. The predicted octanol–water partition coefficient (Wildman–Crippen LogP) is 1.98. The van der Waals surface area contributed by atoms with E-state index < -0.39 is 23.9 Å². The third kappa shape index (κ3) is 7.07. The molecule has 4 amide bonds. The number of hydrogen-bond donors (Lipinski definition) is 4. The molecule has 0 aliphatic carbocycles. The number of amides is 4. The number of hydrazone groups is 1. The number of urea groups is 1. The summed E-state index contributed by atoms with van der Waals surface area (Å²) in [5.41, 5.74) is 4.91. The van der Waals surface area contributed by atoms with Crippen molar-refractivity contribution in [3.05, 3.63) is 64.9 Å². The summed E-state index contributed by atoms with van der Waals surface area (Å²) in [5.74, 6) is -0.692. The number of hydrogen-bond acceptors (Lipinski definition) is 8. The molecule has 12 nitrogen and oxygen atoms in total. The standard InChI is InChI=1S/C25H27N5O7/c1-14-22(24(33)36-4)23(29-25(34)27-14)17-7-10-19(20(11-17)35-3)37-13-21(32)30-26-12-16-5-8-18(9-6-16)28-15(2)31/h5-12,23H,13H2,1-4H3,(H,28,31)(H,30,32)(H2,27,29,34)/b26-12-/t23-/m1/s1. The topological polar surface area (TPSA) is 156 Å². The molecule has 0 saturated heterocycles. The van der Waals surface area contributed by atoms with Crippen LogP contribution < -0.4 is 30.8 Å². The van der Waals surface area contributed by atoms with Gasteiger partial charge in [-0.1, -0.05) is 18.2 Å². The van der Waals surface area contributed by atoms with Crippen molar-refractivity contribution in [2.45, 2.75) is 19.9 Å². The van der Waals surface area contributed by atoms with Gasteiger partial charge in [-0.2, -0.15) is 5.10 Å². The first-order valence-corrected chi connectivity index (χ1v) is 11.1. The van der Waals surface area contributed by atoms with E-state index in [0.29, 0.717) is 28.3 Å². The largest absolute Gasteiger partial charge is 0.493 e. The van der Waals surface area contributed by atoms with E-state index >= 15 is 0 Å². The number of ether oxygens (including phenoxy) is 3. The normalized spacial score (nSPS) is 14.9. The van der Waals surface area contributed by atoms with Gasteiger partial charge in [-0.3, -0.25) is 9.59 Å². The Hall–Kier alpha value is -4.87.